The average Bonchev–Trinajstić information content (AvgIpc) is 2.04. The maximum atomic E-state index is 5.82. The number of halogens is 2. The molecule has 1 rings (SSSR count). The van der Waals surface area contributed by atoms with E-state index in [0.717, 1.165) is 5.56 Å². The molecule has 0 saturated carbocycles. The molecule has 0 aliphatic carbocycles. The van der Waals surface area contributed by atoms with Crippen LogP contribution in [0.5, 0.6) is 0 Å². The summed E-state index contributed by atoms with van der Waals surface area (Å²) in [5.74, 6) is 5.13. The SMILES string of the molecule is NNC(Cl)c1ccccc1Cl. The van der Waals surface area contributed by atoms with Crippen LogP contribution in [-0.2, 0) is 0 Å². The molecule has 0 fully saturated rings. The second-order valence-electron chi connectivity index (χ2n) is 2.05. The van der Waals surface area contributed by atoms with Crippen molar-refractivity contribution in [2.45, 2.75) is 5.50 Å². The van der Waals surface area contributed by atoms with Crippen molar-refractivity contribution in [3.8, 4) is 0 Å². The fraction of sp³-hybridized carbons (Fsp3) is 0.143. The summed E-state index contributed by atoms with van der Waals surface area (Å²) in [6.45, 7) is 0. The maximum Gasteiger partial charge on any atom is 0.122 e. The molecule has 1 atom stereocenters. The second kappa shape index (κ2) is 3.93. The number of alkyl halides is 1. The first-order chi connectivity index (χ1) is 5.25. The van der Waals surface area contributed by atoms with E-state index in [4.69, 9.17) is 29.0 Å². The zero-order valence-corrected chi connectivity index (χ0v) is 7.23. The van der Waals surface area contributed by atoms with Gasteiger partial charge >= 0.3 is 0 Å². The van der Waals surface area contributed by atoms with Gasteiger partial charge in [0.1, 0.15) is 5.50 Å². The molecule has 60 valence electrons. The molecule has 0 aromatic heterocycles. The Morgan fingerprint density at radius 2 is 2.00 bits per heavy atom. The highest BCUT2D eigenvalue weighted by molar-refractivity contribution is 6.32. The number of nitrogens with two attached hydrogens (primary N) is 1. The molecule has 0 spiro atoms. The fourth-order valence-electron chi connectivity index (χ4n) is 0.770. The second-order valence-corrected chi connectivity index (χ2v) is 2.89. The predicted molar refractivity (Wildman–Crippen MR) is 47.4 cm³/mol. The molecule has 0 aliphatic heterocycles. The summed E-state index contributed by atoms with van der Waals surface area (Å²) >= 11 is 11.6. The van der Waals surface area contributed by atoms with Gasteiger partial charge in [-0.3, -0.25) is 5.84 Å². The van der Waals surface area contributed by atoms with Crippen molar-refractivity contribution in [1.29, 1.82) is 0 Å². The van der Waals surface area contributed by atoms with Crippen LogP contribution in [0.25, 0.3) is 0 Å². The van der Waals surface area contributed by atoms with Gasteiger partial charge in [0, 0.05) is 10.6 Å². The lowest BCUT2D eigenvalue weighted by molar-refractivity contribution is 0.713. The Kier molecular flexibility index (Phi) is 3.15. The number of hydrazine groups is 1. The molecule has 0 saturated heterocycles. The highest BCUT2D eigenvalue weighted by atomic mass is 35.5. The molecule has 0 bridgehead atoms. The molecule has 1 unspecified atom stereocenters. The summed E-state index contributed by atoms with van der Waals surface area (Å²) in [5, 5.41) is 0.616. The van der Waals surface area contributed by atoms with Crippen molar-refractivity contribution < 1.29 is 0 Å². The van der Waals surface area contributed by atoms with Crippen LogP contribution in [0.4, 0.5) is 0 Å². The Labute approximate surface area is 75.3 Å². The quantitative estimate of drug-likeness (QED) is 0.325. The van der Waals surface area contributed by atoms with Crippen molar-refractivity contribution in [2.24, 2.45) is 5.84 Å². The van der Waals surface area contributed by atoms with Crippen LogP contribution in [0.2, 0.25) is 5.02 Å². The molecule has 0 amide bonds. The molecule has 1 aromatic rings. The maximum absolute atomic E-state index is 5.82. The monoisotopic (exact) mass is 190 g/mol. The van der Waals surface area contributed by atoms with Crippen molar-refractivity contribution in [3.63, 3.8) is 0 Å². The number of benzene rings is 1. The Morgan fingerprint density at radius 3 is 2.55 bits per heavy atom. The van der Waals surface area contributed by atoms with E-state index in [1.54, 1.807) is 6.07 Å². The van der Waals surface area contributed by atoms with Gasteiger partial charge in [0.25, 0.3) is 0 Å². The molecular formula is C7H8Cl2N2. The molecular weight excluding hydrogens is 183 g/mol. The lowest BCUT2D eigenvalue weighted by atomic mass is 10.2. The largest absolute Gasteiger partial charge is 0.270 e. The van der Waals surface area contributed by atoms with Gasteiger partial charge in [0.05, 0.1) is 0 Å². The Hall–Kier alpha value is -0.280. The number of rotatable bonds is 2. The topological polar surface area (TPSA) is 38.0 Å². The van der Waals surface area contributed by atoms with Gasteiger partial charge in [-0.15, -0.1) is 0 Å². The summed E-state index contributed by atoms with van der Waals surface area (Å²) < 4.78 is 0. The number of nitrogens with one attached hydrogen (secondary N) is 1. The smallest absolute Gasteiger partial charge is 0.122 e. The zero-order chi connectivity index (χ0) is 8.27. The summed E-state index contributed by atoms with van der Waals surface area (Å²) in [4.78, 5) is 0. The summed E-state index contributed by atoms with van der Waals surface area (Å²) in [7, 11) is 0. The highest BCUT2D eigenvalue weighted by Gasteiger charge is 2.07. The van der Waals surface area contributed by atoms with E-state index in [-0.39, 0.29) is 0 Å². The first-order valence-corrected chi connectivity index (χ1v) is 3.91. The molecule has 1 aromatic carbocycles. The van der Waals surface area contributed by atoms with Crippen LogP contribution < -0.4 is 11.3 Å². The normalized spacial score (nSPS) is 13.0. The van der Waals surface area contributed by atoms with Crippen LogP contribution in [0, 0.1) is 0 Å². The van der Waals surface area contributed by atoms with E-state index in [1.165, 1.54) is 0 Å². The van der Waals surface area contributed by atoms with Gasteiger partial charge in [0.15, 0.2) is 0 Å². The zero-order valence-electron chi connectivity index (χ0n) is 5.72. The van der Waals surface area contributed by atoms with Gasteiger partial charge in [0.2, 0.25) is 0 Å². The summed E-state index contributed by atoms with van der Waals surface area (Å²) in [5.41, 5.74) is 2.77. The van der Waals surface area contributed by atoms with Gasteiger partial charge in [-0.05, 0) is 6.07 Å². The van der Waals surface area contributed by atoms with E-state index in [9.17, 15) is 0 Å². The van der Waals surface area contributed by atoms with Crippen LogP contribution in [-0.4, -0.2) is 0 Å². The molecule has 4 heteroatoms. The molecule has 0 aliphatic rings. The minimum absolute atomic E-state index is 0.427. The Balaban J connectivity index is 2.93. The lowest BCUT2D eigenvalue weighted by Crippen LogP contribution is -2.24. The third-order valence-corrected chi connectivity index (χ3v) is 2.03. The summed E-state index contributed by atoms with van der Waals surface area (Å²) in [6.07, 6.45) is 0. The van der Waals surface area contributed by atoms with E-state index in [0.29, 0.717) is 5.02 Å². The van der Waals surface area contributed by atoms with E-state index >= 15 is 0 Å². The van der Waals surface area contributed by atoms with Crippen LogP contribution in [0.3, 0.4) is 0 Å². The fourth-order valence-corrected chi connectivity index (χ4v) is 1.26. The van der Waals surface area contributed by atoms with Crippen LogP contribution in [0.1, 0.15) is 11.1 Å². The third kappa shape index (κ3) is 2.07. The van der Waals surface area contributed by atoms with E-state index in [2.05, 4.69) is 5.43 Å². The van der Waals surface area contributed by atoms with Crippen molar-refractivity contribution in [3.05, 3.63) is 34.9 Å². The van der Waals surface area contributed by atoms with Gasteiger partial charge in [-0.1, -0.05) is 41.4 Å². The number of hydrogen-bond donors (Lipinski definition) is 2. The van der Waals surface area contributed by atoms with Gasteiger partial charge in [-0.2, -0.15) is 0 Å². The third-order valence-electron chi connectivity index (χ3n) is 1.32. The van der Waals surface area contributed by atoms with Crippen molar-refractivity contribution in [1.82, 2.24) is 5.43 Å². The summed E-state index contributed by atoms with van der Waals surface area (Å²) in [6, 6.07) is 7.28. The molecule has 3 N–H and O–H groups in total. The van der Waals surface area contributed by atoms with Gasteiger partial charge in [-0.25, -0.2) is 5.43 Å². The standard InChI is InChI=1S/C7H8Cl2N2/c8-6-4-2-1-3-5(6)7(9)11-10/h1-4,7,11H,10H2. The Bertz CT molecular complexity index is 240. The minimum atomic E-state index is -0.427. The van der Waals surface area contributed by atoms with Gasteiger partial charge < -0.3 is 0 Å². The lowest BCUT2D eigenvalue weighted by Gasteiger charge is -2.08. The minimum Gasteiger partial charge on any atom is -0.270 e. The highest BCUT2D eigenvalue weighted by Crippen LogP contribution is 2.24. The van der Waals surface area contributed by atoms with E-state index in [1.807, 2.05) is 18.2 Å². The van der Waals surface area contributed by atoms with E-state index < -0.39 is 5.50 Å². The first kappa shape index (κ1) is 8.81. The van der Waals surface area contributed by atoms with Crippen molar-refractivity contribution >= 4 is 23.2 Å². The van der Waals surface area contributed by atoms with Crippen LogP contribution in [0.15, 0.2) is 24.3 Å². The first-order valence-electron chi connectivity index (χ1n) is 3.10. The molecule has 11 heavy (non-hydrogen) atoms. The van der Waals surface area contributed by atoms with Crippen molar-refractivity contribution in [2.75, 3.05) is 0 Å². The predicted octanol–water partition coefficient (Wildman–Crippen LogP) is 2.04. The average molecular weight is 191 g/mol. The molecule has 2 nitrogen and oxygen atoms in total. The van der Waals surface area contributed by atoms with Crippen LogP contribution >= 0.6 is 23.2 Å². The molecule has 0 heterocycles. The Morgan fingerprint density at radius 1 is 1.36 bits per heavy atom. The number of hydrogen-bond acceptors (Lipinski definition) is 2. The molecule has 0 radical (unpaired) electrons.